The van der Waals surface area contributed by atoms with Gasteiger partial charge in [0, 0.05) is 43.4 Å². The van der Waals surface area contributed by atoms with Gasteiger partial charge in [-0.25, -0.2) is 0 Å². The summed E-state index contributed by atoms with van der Waals surface area (Å²) in [4.78, 5) is 0. The molecule has 0 N–H and O–H groups in total. The molecule has 0 amide bonds. The third kappa shape index (κ3) is 3.24. The second kappa shape index (κ2) is 8.74. The molecule has 0 fully saturated rings. The van der Waals surface area contributed by atoms with Crippen LogP contribution in [0.25, 0.3) is 82.5 Å². The topological polar surface area (TPSA) is 18.1 Å². The Hall–Kier alpha value is -5.60. The Balaban J connectivity index is 1.34. The summed E-state index contributed by atoms with van der Waals surface area (Å²) >= 11 is 0. The first-order valence-electron chi connectivity index (χ1n) is 15.7. The number of rotatable bonds is 2. The molecular formula is C43H29NO. The molecule has 7 aromatic carbocycles. The van der Waals surface area contributed by atoms with Crippen LogP contribution in [0.5, 0.6) is 0 Å². The molecule has 0 bridgehead atoms. The molecule has 0 saturated heterocycles. The summed E-state index contributed by atoms with van der Waals surface area (Å²) in [5, 5.41) is 7.13. The van der Waals surface area contributed by atoms with Gasteiger partial charge in [0.05, 0.1) is 11.0 Å². The van der Waals surface area contributed by atoms with E-state index in [1.807, 2.05) is 0 Å². The first kappa shape index (κ1) is 24.8. The highest BCUT2D eigenvalue weighted by Crippen LogP contribution is 2.50. The highest BCUT2D eigenvalue weighted by atomic mass is 16.3. The van der Waals surface area contributed by atoms with Gasteiger partial charge in [-0.3, -0.25) is 0 Å². The van der Waals surface area contributed by atoms with Crippen molar-refractivity contribution in [3.8, 4) is 27.9 Å². The van der Waals surface area contributed by atoms with Gasteiger partial charge >= 0.3 is 0 Å². The Bertz CT molecular complexity index is 2670. The highest BCUT2D eigenvalue weighted by Gasteiger charge is 2.35. The predicted molar refractivity (Wildman–Crippen MR) is 189 cm³/mol. The van der Waals surface area contributed by atoms with Gasteiger partial charge in [0.1, 0.15) is 11.2 Å². The predicted octanol–water partition coefficient (Wildman–Crippen LogP) is 11.8. The van der Waals surface area contributed by atoms with Crippen LogP contribution in [-0.4, -0.2) is 4.57 Å². The van der Waals surface area contributed by atoms with Crippen molar-refractivity contribution in [3.63, 3.8) is 0 Å². The van der Waals surface area contributed by atoms with E-state index in [2.05, 4.69) is 158 Å². The van der Waals surface area contributed by atoms with Gasteiger partial charge < -0.3 is 8.98 Å². The van der Waals surface area contributed by atoms with Crippen molar-refractivity contribution >= 4 is 54.5 Å². The largest absolute Gasteiger partial charge is 0.455 e. The van der Waals surface area contributed by atoms with E-state index < -0.39 is 0 Å². The third-order valence-corrected chi connectivity index (χ3v) is 10.2. The van der Waals surface area contributed by atoms with Gasteiger partial charge in [0.2, 0.25) is 0 Å². The molecule has 1 aliphatic carbocycles. The first-order chi connectivity index (χ1) is 22.1. The molecule has 45 heavy (non-hydrogen) atoms. The minimum absolute atomic E-state index is 0.0455. The molecule has 2 aromatic heterocycles. The molecule has 2 heteroatoms. The van der Waals surface area contributed by atoms with Crippen LogP contribution in [0.15, 0.2) is 144 Å². The number of nitrogens with zero attached hydrogens (tertiary/aromatic N) is 1. The zero-order valence-corrected chi connectivity index (χ0v) is 25.1. The Morgan fingerprint density at radius 2 is 1.18 bits per heavy atom. The van der Waals surface area contributed by atoms with Gasteiger partial charge in [0.25, 0.3) is 0 Å². The summed E-state index contributed by atoms with van der Waals surface area (Å²) in [7, 11) is 0. The summed E-state index contributed by atoms with van der Waals surface area (Å²) in [6, 6.07) is 50.8. The minimum atomic E-state index is -0.0455. The Morgan fingerprint density at radius 1 is 0.511 bits per heavy atom. The summed E-state index contributed by atoms with van der Waals surface area (Å²) in [5.41, 5.74) is 13.3. The van der Waals surface area contributed by atoms with Gasteiger partial charge in [-0.15, -0.1) is 0 Å². The third-order valence-electron chi connectivity index (χ3n) is 10.2. The number of aromatic nitrogens is 1. The van der Waals surface area contributed by atoms with Crippen LogP contribution in [0.3, 0.4) is 0 Å². The molecule has 212 valence electrons. The lowest BCUT2D eigenvalue weighted by atomic mass is 9.81. The highest BCUT2D eigenvalue weighted by molar-refractivity contribution is 6.36. The maximum Gasteiger partial charge on any atom is 0.144 e. The van der Waals surface area contributed by atoms with E-state index in [9.17, 15) is 0 Å². The van der Waals surface area contributed by atoms with E-state index in [1.54, 1.807) is 0 Å². The zero-order chi connectivity index (χ0) is 29.9. The molecule has 0 spiro atoms. The maximum atomic E-state index is 6.65. The summed E-state index contributed by atoms with van der Waals surface area (Å²) in [6.07, 6.45) is 0. The van der Waals surface area contributed by atoms with Crippen LogP contribution >= 0.6 is 0 Å². The molecular weight excluding hydrogens is 546 g/mol. The monoisotopic (exact) mass is 575 g/mol. The SMILES string of the molecule is CC1(C)c2ccccc2-c2ccc(-c3ccc4c(c3)c3c5c6ccccc6oc5c5ccccc5c3n4-c3ccccc3)cc21. The van der Waals surface area contributed by atoms with Crippen LogP contribution in [0.4, 0.5) is 0 Å². The molecule has 0 unspecified atom stereocenters. The normalized spacial score (nSPS) is 13.7. The smallest absolute Gasteiger partial charge is 0.144 e. The maximum absolute atomic E-state index is 6.65. The molecule has 9 aromatic rings. The molecule has 2 heterocycles. The summed E-state index contributed by atoms with van der Waals surface area (Å²) in [5.74, 6) is 0. The molecule has 0 saturated carbocycles. The molecule has 2 nitrogen and oxygen atoms in total. The number of hydrogen-bond acceptors (Lipinski definition) is 1. The van der Waals surface area contributed by atoms with E-state index in [4.69, 9.17) is 4.42 Å². The van der Waals surface area contributed by atoms with Crippen LogP contribution in [0.2, 0.25) is 0 Å². The molecule has 0 atom stereocenters. The van der Waals surface area contributed by atoms with Crippen molar-refractivity contribution in [2.24, 2.45) is 0 Å². The van der Waals surface area contributed by atoms with Crippen molar-refractivity contribution in [2.45, 2.75) is 19.3 Å². The number of fused-ring (bicyclic) bond motifs is 13. The fourth-order valence-electron chi connectivity index (χ4n) is 8.08. The van der Waals surface area contributed by atoms with E-state index >= 15 is 0 Å². The van der Waals surface area contributed by atoms with E-state index in [1.165, 1.54) is 66.0 Å². The second-order valence-electron chi connectivity index (χ2n) is 12.9. The fourth-order valence-corrected chi connectivity index (χ4v) is 8.08. The fraction of sp³-hybridized carbons (Fsp3) is 0.0698. The molecule has 1 aliphatic rings. The van der Waals surface area contributed by atoms with Crippen LogP contribution in [0, 0.1) is 0 Å². The van der Waals surface area contributed by atoms with Crippen molar-refractivity contribution in [1.29, 1.82) is 0 Å². The van der Waals surface area contributed by atoms with E-state index in [0.717, 1.165) is 27.6 Å². The minimum Gasteiger partial charge on any atom is -0.455 e. The number of para-hydroxylation sites is 2. The van der Waals surface area contributed by atoms with Crippen molar-refractivity contribution < 1.29 is 4.42 Å². The molecule has 0 radical (unpaired) electrons. The van der Waals surface area contributed by atoms with Crippen molar-refractivity contribution in [1.82, 2.24) is 4.57 Å². The van der Waals surface area contributed by atoms with Crippen molar-refractivity contribution in [3.05, 3.63) is 151 Å². The van der Waals surface area contributed by atoms with Gasteiger partial charge in [0.15, 0.2) is 0 Å². The van der Waals surface area contributed by atoms with Gasteiger partial charge in [-0.2, -0.15) is 0 Å². The molecule has 10 rings (SSSR count). The van der Waals surface area contributed by atoms with Crippen LogP contribution in [0.1, 0.15) is 25.0 Å². The average Bonchev–Trinajstić information content (AvgIpc) is 3.71. The quantitative estimate of drug-likeness (QED) is 0.200. The summed E-state index contributed by atoms with van der Waals surface area (Å²) in [6.45, 7) is 4.70. The number of furan rings is 1. The van der Waals surface area contributed by atoms with Crippen LogP contribution < -0.4 is 0 Å². The Morgan fingerprint density at radius 3 is 2.04 bits per heavy atom. The Labute approximate surface area is 260 Å². The lowest BCUT2D eigenvalue weighted by molar-refractivity contribution is 0.660. The van der Waals surface area contributed by atoms with E-state index in [0.29, 0.717) is 0 Å². The molecule has 0 aliphatic heterocycles. The summed E-state index contributed by atoms with van der Waals surface area (Å²) < 4.78 is 9.09. The first-order valence-corrected chi connectivity index (χ1v) is 15.7. The van der Waals surface area contributed by atoms with Crippen molar-refractivity contribution in [2.75, 3.05) is 0 Å². The van der Waals surface area contributed by atoms with Gasteiger partial charge in [-0.05, 0) is 69.8 Å². The Kier molecular flexibility index (Phi) is 4.82. The zero-order valence-electron chi connectivity index (χ0n) is 25.1. The number of benzene rings is 7. The second-order valence-corrected chi connectivity index (χ2v) is 12.9. The van der Waals surface area contributed by atoms with Gasteiger partial charge in [-0.1, -0.05) is 117 Å². The average molecular weight is 576 g/mol. The lowest BCUT2D eigenvalue weighted by Crippen LogP contribution is -2.14. The lowest BCUT2D eigenvalue weighted by Gasteiger charge is -2.22. The number of hydrogen-bond donors (Lipinski definition) is 0. The van der Waals surface area contributed by atoms with E-state index in [-0.39, 0.29) is 5.41 Å². The van der Waals surface area contributed by atoms with Crippen LogP contribution in [-0.2, 0) is 5.41 Å². The standard InChI is InChI=1S/C43H29NO/c1-43(2)35-18-10-8-14-29(35)30-22-20-27(25-36(30)43)26-21-23-37-34(24-26)39-40-33-17-9-11-19-38(33)45-42(40)32-16-7-6-15-31(32)41(39)44(37)28-12-4-3-5-13-28/h3-25H,1-2H3.